The number of benzene rings is 3. The molecule has 2 N–H and O–H groups in total. The Labute approximate surface area is 213 Å². The third kappa shape index (κ3) is 5.56. The van der Waals surface area contributed by atoms with Gasteiger partial charge in [-0.1, -0.05) is 47.5 Å². The van der Waals surface area contributed by atoms with Crippen LogP contribution in [0, 0.1) is 13.8 Å². The molecule has 178 valence electrons. The van der Waals surface area contributed by atoms with E-state index in [2.05, 4.69) is 10.6 Å². The number of para-hydroxylation sites is 2. The molecule has 0 fully saturated rings. The molecule has 4 rings (SSSR count). The Bertz CT molecular complexity index is 1350. The average Bonchev–Trinajstić information content (AvgIpc) is 2.81. The van der Waals surface area contributed by atoms with E-state index in [9.17, 15) is 14.4 Å². The summed E-state index contributed by atoms with van der Waals surface area (Å²) in [5.74, 6) is -1.28. The molecule has 1 heterocycles. The minimum Gasteiger partial charge on any atom is -0.326 e. The number of carbonyl (C=O) groups is 3. The first-order chi connectivity index (χ1) is 16.7. The second-order valence-corrected chi connectivity index (χ2v) is 9.12. The van der Waals surface area contributed by atoms with Crippen LogP contribution in [0.25, 0.3) is 6.08 Å². The monoisotopic (exact) mass is 507 g/mol. The van der Waals surface area contributed by atoms with Crippen molar-refractivity contribution in [1.82, 2.24) is 0 Å². The fourth-order valence-electron chi connectivity index (χ4n) is 3.83. The molecule has 1 unspecified atom stereocenters. The van der Waals surface area contributed by atoms with Gasteiger partial charge in [0.2, 0.25) is 11.8 Å². The molecule has 35 heavy (non-hydrogen) atoms. The predicted octanol–water partition coefficient (Wildman–Crippen LogP) is 6.01. The van der Waals surface area contributed by atoms with Gasteiger partial charge in [-0.25, -0.2) is 0 Å². The quantitative estimate of drug-likeness (QED) is 0.415. The third-order valence-corrected chi connectivity index (χ3v) is 6.37. The largest absolute Gasteiger partial charge is 0.326 e. The fourth-order valence-corrected chi connectivity index (χ4v) is 4.30. The van der Waals surface area contributed by atoms with E-state index < -0.39 is 17.9 Å². The number of halogens is 2. The van der Waals surface area contributed by atoms with Crippen LogP contribution < -0.4 is 15.5 Å². The first-order valence-corrected chi connectivity index (χ1v) is 11.7. The van der Waals surface area contributed by atoms with Gasteiger partial charge >= 0.3 is 0 Å². The molecule has 0 aliphatic carbocycles. The van der Waals surface area contributed by atoms with Gasteiger partial charge in [-0.2, -0.15) is 0 Å². The maximum absolute atomic E-state index is 13.3. The number of rotatable bonds is 5. The zero-order valence-corrected chi connectivity index (χ0v) is 20.7. The van der Waals surface area contributed by atoms with E-state index in [-0.39, 0.29) is 12.3 Å². The fraction of sp³-hybridized carbons (Fsp3) is 0.148. The molecule has 3 aromatic rings. The van der Waals surface area contributed by atoms with E-state index in [1.807, 2.05) is 26.0 Å². The Kier molecular flexibility index (Phi) is 7.24. The SMILES string of the molecule is Cc1ccc(NC(=O)CC2C(=O)Nc3ccccc3N2C(=O)/C=C/c2ccc(Cl)cc2Cl)cc1C. The lowest BCUT2D eigenvalue weighted by atomic mass is 10.0. The van der Waals surface area contributed by atoms with Crippen LogP contribution in [0.3, 0.4) is 0 Å². The lowest BCUT2D eigenvalue weighted by Gasteiger charge is -2.35. The van der Waals surface area contributed by atoms with Crippen molar-refractivity contribution < 1.29 is 14.4 Å². The van der Waals surface area contributed by atoms with Gasteiger partial charge in [0.15, 0.2) is 0 Å². The Hall–Kier alpha value is -3.61. The lowest BCUT2D eigenvalue weighted by Crippen LogP contribution is -2.52. The molecule has 0 saturated carbocycles. The van der Waals surface area contributed by atoms with Gasteiger partial charge in [0.1, 0.15) is 6.04 Å². The van der Waals surface area contributed by atoms with Gasteiger partial charge < -0.3 is 10.6 Å². The molecule has 0 aromatic heterocycles. The summed E-state index contributed by atoms with van der Waals surface area (Å²) in [5.41, 5.74) is 4.38. The highest BCUT2D eigenvalue weighted by atomic mass is 35.5. The van der Waals surface area contributed by atoms with Crippen molar-refractivity contribution in [2.24, 2.45) is 0 Å². The van der Waals surface area contributed by atoms with E-state index in [4.69, 9.17) is 23.2 Å². The van der Waals surface area contributed by atoms with E-state index in [0.29, 0.717) is 32.7 Å². The van der Waals surface area contributed by atoms with Crippen molar-refractivity contribution in [3.63, 3.8) is 0 Å². The van der Waals surface area contributed by atoms with Crippen LogP contribution in [0.2, 0.25) is 10.0 Å². The average molecular weight is 508 g/mol. The third-order valence-electron chi connectivity index (χ3n) is 5.81. The Morgan fingerprint density at radius 3 is 2.54 bits per heavy atom. The number of aryl methyl sites for hydroxylation is 2. The molecule has 3 aromatic carbocycles. The lowest BCUT2D eigenvalue weighted by molar-refractivity contribution is -0.124. The van der Waals surface area contributed by atoms with E-state index in [1.54, 1.807) is 54.6 Å². The van der Waals surface area contributed by atoms with E-state index >= 15 is 0 Å². The van der Waals surface area contributed by atoms with Crippen LogP contribution in [0.1, 0.15) is 23.1 Å². The van der Waals surface area contributed by atoms with Crippen LogP contribution in [0.5, 0.6) is 0 Å². The molecule has 1 aliphatic rings. The van der Waals surface area contributed by atoms with Crippen LogP contribution in [-0.4, -0.2) is 23.8 Å². The first kappa shape index (κ1) is 24.5. The van der Waals surface area contributed by atoms with Crippen molar-refractivity contribution in [2.75, 3.05) is 15.5 Å². The van der Waals surface area contributed by atoms with Gasteiger partial charge in [0, 0.05) is 21.8 Å². The number of nitrogens with zero attached hydrogens (tertiary/aromatic N) is 1. The summed E-state index contributed by atoms with van der Waals surface area (Å²) in [6.45, 7) is 3.94. The molecular weight excluding hydrogens is 485 g/mol. The number of amides is 3. The molecule has 1 aliphatic heterocycles. The Morgan fingerprint density at radius 2 is 1.80 bits per heavy atom. The maximum Gasteiger partial charge on any atom is 0.251 e. The number of nitrogens with one attached hydrogen (secondary N) is 2. The molecule has 0 saturated heterocycles. The minimum absolute atomic E-state index is 0.214. The van der Waals surface area contributed by atoms with Crippen molar-refractivity contribution in [2.45, 2.75) is 26.3 Å². The van der Waals surface area contributed by atoms with Crippen molar-refractivity contribution in [3.8, 4) is 0 Å². The molecule has 3 amide bonds. The smallest absolute Gasteiger partial charge is 0.251 e. The van der Waals surface area contributed by atoms with E-state index in [0.717, 1.165) is 11.1 Å². The number of anilines is 3. The molecular formula is C27H23Cl2N3O3. The normalized spacial score (nSPS) is 15.0. The number of hydrogen-bond acceptors (Lipinski definition) is 3. The summed E-state index contributed by atoms with van der Waals surface area (Å²) >= 11 is 12.2. The number of carbonyl (C=O) groups excluding carboxylic acids is 3. The summed E-state index contributed by atoms with van der Waals surface area (Å²) in [4.78, 5) is 40.6. The summed E-state index contributed by atoms with van der Waals surface area (Å²) in [6.07, 6.45) is 2.68. The minimum atomic E-state index is -1.03. The van der Waals surface area contributed by atoms with Crippen LogP contribution in [0.15, 0.2) is 66.7 Å². The van der Waals surface area contributed by atoms with Gasteiger partial charge in [-0.3, -0.25) is 19.3 Å². The molecule has 0 spiro atoms. The van der Waals surface area contributed by atoms with Crippen molar-refractivity contribution >= 4 is 64.1 Å². The zero-order valence-electron chi connectivity index (χ0n) is 19.1. The number of hydrogen-bond donors (Lipinski definition) is 2. The predicted molar refractivity (Wildman–Crippen MR) is 141 cm³/mol. The van der Waals surface area contributed by atoms with Gasteiger partial charge in [-0.15, -0.1) is 0 Å². The second-order valence-electron chi connectivity index (χ2n) is 8.28. The summed E-state index contributed by atoms with van der Waals surface area (Å²) in [7, 11) is 0. The maximum atomic E-state index is 13.3. The van der Waals surface area contributed by atoms with Gasteiger partial charge in [-0.05, 0) is 73.0 Å². The molecule has 8 heteroatoms. The molecule has 6 nitrogen and oxygen atoms in total. The Balaban J connectivity index is 1.61. The molecule has 0 radical (unpaired) electrons. The summed E-state index contributed by atoms with van der Waals surface area (Å²) in [6, 6.07) is 16.5. The first-order valence-electron chi connectivity index (χ1n) is 11.0. The highest BCUT2D eigenvalue weighted by molar-refractivity contribution is 6.35. The summed E-state index contributed by atoms with van der Waals surface area (Å²) < 4.78 is 0. The van der Waals surface area contributed by atoms with Gasteiger partial charge in [0.05, 0.1) is 17.8 Å². The van der Waals surface area contributed by atoms with Crippen LogP contribution >= 0.6 is 23.2 Å². The van der Waals surface area contributed by atoms with Gasteiger partial charge in [0.25, 0.3) is 5.91 Å². The Morgan fingerprint density at radius 1 is 1.03 bits per heavy atom. The molecule has 0 bridgehead atoms. The second kappa shape index (κ2) is 10.3. The van der Waals surface area contributed by atoms with Crippen molar-refractivity contribution in [3.05, 3.63) is 93.5 Å². The van der Waals surface area contributed by atoms with Crippen LogP contribution in [0.4, 0.5) is 17.1 Å². The number of fused-ring (bicyclic) bond motifs is 1. The highest BCUT2D eigenvalue weighted by Gasteiger charge is 2.37. The standard InChI is InChI=1S/C27H23Cl2N3O3/c1-16-7-11-20(13-17(16)2)30-25(33)15-24-27(35)31-22-5-3-4-6-23(22)32(24)26(34)12-9-18-8-10-19(28)14-21(18)29/h3-14,24H,15H2,1-2H3,(H,30,33)(H,31,35)/b12-9+. The van der Waals surface area contributed by atoms with Crippen molar-refractivity contribution in [1.29, 1.82) is 0 Å². The summed E-state index contributed by atoms with van der Waals surface area (Å²) in [5, 5.41) is 6.50. The van der Waals surface area contributed by atoms with E-state index in [1.165, 1.54) is 11.0 Å². The highest BCUT2D eigenvalue weighted by Crippen LogP contribution is 2.33. The molecule has 1 atom stereocenters. The zero-order chi connectivity index (χ0) is 25.1. The topological polar surface area (TPSA) is 78.5 Å². The van der Waals surface area contributed by atoms with Crippen LogP contribution in [-0.2, 0) is 14.4 Å².